The summed E-state index contributed by atoms with van der Waals surface area (Å²) in [5.41, 5.74) is 1.86. The van der Waals surface area contributed by atoms with E-state index in [0.717, 1.165) is 17.9 Å². The number of nitrogens with zero attached hydrogens (tertiary/aromatic N) is 1. The molecule has 1 heterocycles. The van der Waals surface area contributed by atoms with E-state index in [1.807, 2.05) is 12.1 Å². The van der Waals surface area contributed by atoms with Crippen LogP contribution in [0.5, 0.6) is 0 Å². The molecule has 0 radical (unpaired) electrons. The van der Waals surface area contributed by atoms with Crippen LogP contribution in [0.15, 0.2) is 18.2 Å². The van der Waals surface area contributed by atoms with E-state index in [1.165, 1.54) is 0 Å². The molecule has 3 nitrogen and oxygen atoms in total. The monoisotopic (exact) mass is 238 g/mol. The van der Waals surface area contributed by atoms with E-state index in [0.29, 0.717) is 11.4 Å². The van der Waals surface area contributed by atoms with Crippen LogP contribution in [0.3, 0.4) is 0 Å². The van der Waals surface area contributed by atoms with Crippen LogP contribution in [0.1, 0.15) is 20.3 Å². The number of anilines is 2. The van der Waals surface area contributed by atoms with E-state index in [-0.39, 0.29) is 11.9 Å². The van der Waals surface area contributed by atoms with Gasteiger partial charge in [0.05, 0.1) is 11.4 Å². The van der Waals surface area contributed by atoms with Crippen molar-refractivity contribution in [1.29, 1.82) is 0 Å². The van der Waals surface area contributed by atoms with E-state index in [1.54, 1.807) is 6.07 Å². The van der Waals surface area contributed by atoms with Gasteiger partial charge >= 0.3 is 0 Å². The fourth-order valence-electron chi connectivity index (χ4n) is 2.15. The lowest BCUT2D eigenvalue weighted by molar-refractivity contribution is -0.116. The molecular weight excluding hydrogens is 224 g/mol. The summed E-state index contributed by atoms with van der Waals surface area (Å²) in [6.07, 6.45) is 0.514. The van der Waals surface area contributed by atoms with Gasteiger partial charge in [-0.15, -0.1) is 0 Å². The molecule has 86 valence electrons. The smallest absolute Gasteiger partial charge is 0.226 e. The van der Waals surface area contributed by atoms with Crippen LogP contribution in [0.25, 0.3) is 0 Å². The number of amides is 1. The Hall–Kier alpha value is -1.22. The highest BCUT2D eigenvalue weighted by Gasteiger charge is 2.23. The third-order valence-corrected chi connectivity index (χ3v) is 3.13. The highest BCUT2D eigenvalue weighted by Crippen LogP contribution is 2.33. The Labute approximate surface area is 100 Å². The lowest BCUT2D eigenvalue weighted by Crippen LogP contribution is -2.33. The second-order valence-electron chi connectivity index (χ2n) is 4.05. The molecule has 0 bridgehead atoms. The van der Waals surface area contributed by atoms with Crippen molar-refractivity contribution in [3.8, 4) is 0 Å². The molecule has 1 atom stereocenters. The zero-order valence-corrected chi connectivity index (χ0v) is 10.2. The summed E-state index contributed by atoms with van der Waals surface area (Å²) in [4.78, 5) is 13.8. The second-order valence-corrected chi connectivity index (χ2v) is 4.49. The molecule has 1 aromatic carbocycles. The number of carbonyl (C=O) groups excluding carboxylic acids is 1. The average Bonchev–Trinajstić information content (AvgIpc) is 2.33. The van der Waals surface area contributed by atoms with Gasteiger partial charge in [-0.1, -0.05) is 11.6 Å². The number of halogens is 1. The van der Waals surface area contributed by atoms with Crippen LogP contribution in [0, 0.1) is 0 Å². The van der Waals surface area contributed by atoms with E-state index >= 15 is 0 Å². The van der Waals surface area contributed by atoms with Crippen molar-refractivity contribution in [2.75, 3.05) is 16.8 Å². The van der Waals surface area contributed by atoms with Crippen LogP contribution < -0.4 is 10.2 Å². The maximum atomic E-state index is 11.6. The number of hydrogen-bond acceptors (Lipinski definition) is 2. The second kappa shape index (κ2) is 4.34. The van der Waals surface area contributed by atoms with E-state index in [4.69, 9.17) is 11.6 Å². The van der Waals surface area contributed by atoms with Gasteiger partial charge in [0, 0.05) is 24.0 Å². The van der Waals surface area contributed by atoms with E-state index in [2.05, 4.69) is 24.1 Å². The zero-order valence-electron chi connectivity index (χ0n) is 9.46. The Morgan fingerprint density at radius 2 is 2.31 bits per heavy atom. The molecular formula is C12H15ClN2O. The van der Waals surface area contributed by atoms with Crippen molar-refractivity contribution in [3.05, 3.63) is 23.2 Å². The molecule has 0 fully saturated rings. The molecule has 2 rings (SSSR count). The molecule has 1 aliphatic heterocycles. The minimum absolute atomic E-state index is 0.0621. The standard InChI is InChI=1S/C12H15ClN2O/c1-3-15-8(2)6-12(16)14-10-5-4-9(13)7-11(10)15/h4-5,7-8H,3,6H2,1-2H3,(H,14,16). The van der Waals surface area contributed by atoms with Crippen LogP contribution in [-0.2, 0) is 4.79 Å². The predicted molar refractivity (Wildman–Crippen MR) is 67.2 cm³/mol. The van der Waals surface area contributed by atoms with Crippen molar-refractivity contribution in [1.82, 2.24) is 0 Å². The summed E-state index contributed by atoms with van der Waals surface area (Å²) < 4.78 is 0. The summed E-state index contributed by atoms with van der Waals surface area (Å²) in [6.45, 7) is 5.00. The summed E-state index contributed by atoms with van der Waals surface area (Å²) in [7, 11) is 0. The summed E-state index contributed by atoms with van der Waals surface area (Å²) in [6, 6.07) is 5.76. The van der Waals surface area contributed by atoms with Crippen molar-refractivity contribution < 1.29 is 4.79 Å². The quantitative estimate of drug-likeness (QED) is 0.816. The molecule has 16 heavy (non-hydrogen) atoms. The maximum absolute atomic E-state index is 11.6. The molecule has 0 aliphatic carbocycles. The van der Waals surface area contributed by atoms with Crippen LogP contribution >= 0.6 is 11.6 Å². The Bertz CT molecular complexity index is 419. The topological polar surface area (TPSA) is 32.3 Å². The highest BCUT2D eigenvalue weighted by atomic mass is 35.5. The molecule has 1 unspecified atom stereocenters. The van der Waals surface area contributed by atoms with Gasteiger partial charge in [0.2, 0.25) is 5.91 Å². The SMILES string of the molecule is CCN1c2cc(Cl)ccc2NC(=O)CC1C. The van der Waals surface area contributed by atoms with Gasteiger partial charge in [0.25, 0.3) is 0 Å². The lowest BCUT2D eigenvalue weighted by Gasteiger charge is -2.28. The fourth-order valence-corrected chi connectivity index (χ4v) is 2.31. The van der Waals surface area contributed by atoms with Gasteiger partial charge in [-0.25, -0.2) is 0 Å². The van der Waals surface area contributed by atoms with Crippen LogP contribution in [-0.4, -0.2) is 18.5 Å². The maximum Gasteiger partial charge on any atom is 0.226 e. The van der Waals surface area contributed by atoms with E-state index < -0.39 is 0 Å². The molecule has 0 aromatic heterocycles. The molecule has 1 aliphatic rings. The number of fused-ring (bicyclic) bond motifs is 1. The van der Waals surface area contributed by atoms with Gasteiger partial charge in [0.15, 0.2) is 0 Å². The first-order valence-corrected chi connectivity index (χ1v) is 5.85. The normalized spacial score (nSPS) is 20.1. The van der Waals surface area contributed by atoms with Crippen molar-refractivity contribution in [2.24, 2.45) is 0 Å². The number of carbonyl (C=O) groups is 1. The van der Waals surface area contributed by atoms with Gasteiger partial charge < -0.3 is 10.2 Å². The zero-order chi connectivity index (χ0) is 11.7. The Kier molecular flexibility index (Phi) is 3.06. The largest absolute Gasteiger partial charge is 0.367 e. The number of nitrogens with one attached hydrogen (secondary N) is 1. The van der Waals surface area contributed by atoms with Crippen LogP contribution in [0.2, 0.25) is 5.02 Å². The first-order chi connectivity index (χ1) is 7.61. The number of hydrogen-bond donors (Lipinski definition) is 1. The third-order valence-electron chi connectivity index (χ3n) is 2.90. The van der Waals surface area contributed by atoms with Gasteiger partial charge in [-0.05, 0) is 32.0 Å². The molecule has 0 saturated heterocycles. The summed E-state index contributed by atoms with van der Waals surface area (Å²) in [5.74, 6) is 0.0621. The Balaban J connectivity index is 2.50. The average molecular weight is 239 g/mol. The Morgan fingerprint density at radius 3 is 3.00 bits per heavy atom. The predicted octanol–water partition coefficient (Wildman–Crippen LogP) is 2.90. The minimum atomic E-state index is 0.0621. The lowest BCUT2D eigenvalue weighted by atomic mass is 10.2. The van der Waals surface area contributed by atoms with Crippen LogP contribution in [0.4, 0.5) is 11.4 Å². The number of benzene rings is 1. The fraction of sp³-hybridized carbons (Fsp3) is 0.417. The Morgan fingerprint density at radius 1 is 1.56 bits per heavy atom. The summed E-state index contributed by atoms with van der Waals surface area (Å²) >= 11 is 6.00. The van der Waals surface area contributed by atoms with Crippen molar-refractivity contribution in [2.45, 2.75) is 26.3 Å². The minimum Gasteiger partial charge on any atom is -0.367 e. The molecule has 1 aromatic rings. The van der Waals surface area contributed by atoms with Gasteiger partial charge in [-0.2, -0.15) is 0 Å². The van der Waals surface area contributed by atoms with Gasteiger partial charge in [-0.3, -0.25) is 4.79 Å². The number of rotatable bonds is 1. The van der Waals surface area contributed by atoms with Gasteiger partial charge in [0.1, 0.15) is 0 Å². The van der Waals surface area contributed by atoms with Crippen molar-refractivity contribution >= 4 is 28.9 Å². The van der Waals surface area contributed by atoms with E-state index in [9.17, 15) is 4.79 Å². The first kappa shape index (κ1) is 11.3. The molecule has 1 N–H and O–H groups in total. The molecule has 4 heteroatoms. The summed E-state index contributed by atoms with van der Waals surface area (Å²) in [5, 5.41) is 3.60. The van der Waals surface area contributed by atoms with Crippen molar-refractivity contribution in [3.63, 3.8) is 0 Å². The highest BCUT2D eigenvalue weighted by molar-refractivity contribution is 6.31. The molecule has 0 spiro atoms. The molecule has 0 saturated carbocycles. The third kappa shape index (κ3) is 2.00. The molecule has 1 amide bonds. The first-order valence-electron chi connectivity index (χ1n) is 5.48.